The summed E-state index contributed by atoms with van der Waals surface area (Å²) in [4.78, 5) is 22.9. The van der Waals surface area contributed by atoms with Crippen molar-refractivity contribution in [3.8, 4) is 11.1 Å². The quantitative estimate of drug-likeness (QED) is 0.654. The molecule has 29 heavy (non-hydrogen) atoms. The minimum atomic E-state index is -1.12. The van der Waals surface area contributed by atoms with Gasteiger partial charge in [0.1, 0.15) is 12.4 Å². The van der Waals surface area contributed by atoms with E-state index in [1.165, 1.54) is 12.1 Å². The summed E-state index contributed by atoms with van der Waals surface area (Å²) in [6.07, 6.45) is -1.12. The number of anilines is 1. The summed E-state index contributed by atoms with van der Waals surface area (Å²) < 4.78 is 19.4. The molecule has 0 bridgehead atoms. The van der Waals surface area contributed by atoms with Crippen LogP contribution in [0, 0.1) is 5.82 Å². The number of nitrogens with one attached hydrogen (secondary N) is 1. The first-order valence-electron chi connectivity index (χ1n) is 9.15. The molecular formula is C23H18FNO4. The van der Waals surface area contributed by atoms with Gasteiger partial charge in [-0.2, -0.15) is 0 Å². The van der Waals surface area contributed by atoms with Crippen molar-refractivity contribution in [2.24, 2.45) is 0 Å². The zero-order valence-electron chi connectivity index (χ0n) is 15.4. The molecule has 4 rings (SSSR count). The number of hydrogen-bond acceptors (Lipinski definition) is 3. The maximum Gasteiger partial charge on any atom is 0.411 e. The van der Waals surface area contributed by atoms with E-state index in [1.54, 1.807) is 0 Å². The van der Waals surface area contributed by atoms with Crippen LogP contribution in [-0.4, -0.2) is 23.8 Å². The summed E-state index contributed by atoms with van der Waals surface area (Å²) in [6, 6.07) is 19.9. The first-order chi connectivity index (χ1) is 14.0. The molecule has 0 unspecified atom stereocenters. The highest BCUT2D eigenvalue weighted by Gasteiger charge is 2.29. The topological polar surface area (TPSA) is 75.6 Å². The van der Waals surface area contributed by atoms with Crippen LogP contribution in [0.25, 0.3) is 11.1 Å². The standard InChI is InChI=1S/C23H18FNO4/c24-21-12-15(10-9-14(21)11-22(26)27)25-23(28)29-13-20-18-7-3-1-5-16(18)17-6-2-4-8-19(17)20/h1-10,12,20H,11,13H2,(H,25,28)(H,26,27). The average molecular weight is 391 g/mol. The Balaban J connectivity index is 1.44. The summed E-state index contributed by atoms with van der Waals surface area (Å²) in [6.45, 7) is 0.152. The van der Waals surface area contributed by atoms with Gasteiger partial charge in [-0.3, -0.25) is 10.1 Å². The molecule has 3 aromatic rings. The molecule has 0 spiro atoms. The lowest BCUT2D eigenvalue weighted by atomic mass is 9.98. The Morgan fingerprint density at radius 2 is 1.59 bits per heavy atom. The van der Waals surface area contributed by atoms with Gasteiger partial charge in [0.2, 0.25) is 0 Å². The van der Waals surface area contributed by atoms with Crippen LogP contribution in [-0.2, 0) is 16.0 Å². The summed E-state index contributed by atoms with van der Waals surface area (Å²) in [5.74, 6) is -1.88. The lowest BCUT2D eigenvalue weighted by molar-refractivity contribution is -0.136. The number of carbonyl (C=O) groups is 2. The minimum absolute atomic E-state index is 0.0515. The average Bonchev–Trinajstić information content (AvgIpc) is 3.02. The Labute approximate surface area is 166 Å². The predicted molar refractivity (Wildman–Crippen MR) is 106 cm³/mol. The number of rotatable bonds is 5. The van der Waals surface area contributed by atoms with Gasteiger partial charge in [-0.05, 0) is 39.9 Å². The van der Waals surface area contributed by atoms with Gasteiger partial charge in [0.25, 0.3) is 0 Å². The first kappa shape index (κ1) is 18.7. The molecule has 0 aromatic heterocycles. The molecule has 3 aromatic carbocycles. The third-order valence-corrected chi connectivity index (χ3v) is 4.98. The van der Waals surface area contributed by atoms with Crippen molar-refractivity contribution in [3.05, 3.63) is 89.2 Å². The van der Waals surface area contributed by atoms with Gasteiger partial charge in [0.05, 0.1) is 6.42 Å². The van der Waals surface area contributed by atoms with Gasteiger partial charge in [0, 0.05) is 11.6 Å². The van der Waals surface area contributed by atoms with Crippen LogP contribution in [0.3, 0.4) is 0 Å². The molecule has 0 heterocycles. The number of aliphatic carboxylic acids is 1. The Hall–Kier alpha value is -3.67. The number of ether oxygens (including phenoxy) is 1. The van der Waals surface area contributed by atoms with E-state index in [0.29, 0.717) is 0 Å². The largest absolute Gasteiger partial charge is 0.481 e. The number of benzene rings is 3. The van der Waals surface area contributed by atoms with Crippen LogP contribution in [0.2, 0.25) is 0 Å². The number of carboxylic acid groups (broad SMARTS) is 1. The lowest BCUT2D eigenvalue weighted by Crippen LogP contribution is -2.18. The fraction of sp³-hybridized carbons (Fsp3) is 0.130. The first-order valence-corrected chi connectivity index (χ1v) is 9.15. The van der Waals surface area contributed by atoms with Crippen molar-refractivity contribution >= 4 is 17.7 Å². The maximum atomic E-state index is 14.0. The van der Waals surface area contributed by atoms with E-state index in [9.17, 15) is 14.0 Å². The van der Waals surface area contributed by atoms with Crippen LogP contribution in [0.15, 0.2) is 66.7 Å². The highest BCUT2D eigenvalue weighted by molar-refractivity contribution is 5.85. The van der Waals surface area contributed by atoms with E-state index in [-0.39, 0.29) is 23.8 Å². The maximum absolute atomic E-state index is 14.0. The highest BCUT2D eigenvalue weighted by atomic mass is 19.1. The summed E-state index contributed by atoms with van der Waals surface area (Å²) in [5, 5.41) is 11.2. The number of halogens is 1. The van der Waals surface area contributed by atoms with Gasteiger partial charge in [-0.25, -0.2) is 9.18 Å². The Bertz CT molecular complexity index is 1050. The SMILES string of the molecule is O=C(O)Cc1ccc(NC(=O)OCC2c3ccccc3-c3ccccc32)cc1F. The molecule has 0 fully saturated rings. The third-order valence-electron chi connectivity index (χ3n) is 4.98. The zero-order valence-corrected chi connectivity index (χ0v) is 15.4. The van der Waals surface area contributed by atoms with E-state index in [2.05, 4.69) is 17.4 Å². The monoisotopic (exact) mass is 391 g/mol. The molecule has 5 nitrogen and oxygen atoms in total. The van der Waals surface area contributed by atoms with E-state index < -0.39 is 24.3 Å². The van der Waals surface area contributed by atoms with Crippen LogP contribution in [0.5, 0.6) is 0 Å². The molecule has 0 radical (unpaired) electrons. The van der Waals surface area contributed by atoms with Crippen LogP contribution < -0.4 is 5.32 Å². The molecule has 0 saturated heterocycles. The molecule has 2 N–H and O–H groups in total. The molecule has 0 aliphatic heterocycles. The summed E-state index contributed by atoms with van der Waals surface area (Å²) in [7, 11) is 0. The molecule has 146 valence electrons. The number of carbonyl (C=O) groups excluding carboxylic acids is 1. The van der Waals surface area contributed by atoms with Crippen molar-refractivity contribution in [2.45, 2.75) is 12.3 Å². The molecule has 1 amide bonds. The number of fused-ring (bicyclic) bond motifs is 3. The second-order valence-electron chi connectivity index (χ2n) is 6.83. The number of hydrogen-bond donors (Lipinski definition) is 2. The van der Waals surface area contributed by atoms with E-state index in [4.69, 9.17) is 9.84 Å². The van der Waals surface area contributed by atoms with Crippen molar-refractivity contribution in [1.82, 2.24) is 0 Å². The van der Waals surface area contributed by atoms with Crippen molar-refractivity contribution in [2.75, 3.05) is 11.9 Å². The Kier molecular flexibility index (Phi) is 4.99. The minimum Gasteiger partial charge on any atom is -0.481 e. The Morgan fingerprint density at radius 1 is 0.966 bits per heavy atom. The van der Waals surface area contributed by atoms with Gasteiger partial charge in [-0.1, -0.05) is 54.6 Å². The molecular weight excluding hydrogens is 373 g/mol. The van der Waals surface area contributed by atoms with Crippen LogP contribution in [0.1, 0.15) is 22.6 Å². The van der Waals surface area contributed by atoms with Crippen molar-refractivity contribution < 1.29 is 23.8 Å². The van der Waals surface area contributed by atoms with Gasteiger partial charge < -0.3 is 9.84 Å². The molecule has 1 aliphatic rings. The second kappa shape index (κ2) is 7.75. The molecule has 0 atom stereocenters. The van der Waals surface area contributed by atoms with E-state index in [0.717, 1.165) is 28.3 Å². The Morgan fingerprint density at radius 3 is 2.17 bits per heavy atom. The fourth-order valence-corrected chi connectivity index (χ4v) is 3.68. The van der Waals surface area contributed by atoms with E-state index >= 15 is 0 Å². The molecule has 6 heteroatoms. The number of carboxylic acids is 1. The van der Waals surface area contributed by atoms with Gasteiger partial charge in [-0.15, -0.1) is 0 Å². The molecule has 0 saturated carbocycles. The lowest BCUT2D eigenvalue weighted by Gasteiger charge is -2.14. The smallest absolute Gasteiger partial charge is 0.411 e. The predicted octanol–water partition coefficient (Wildman–Crippen LogP) is 4.81. The fourth-order valence-electron chi connectivity index (χ4n) is 3.68. The van der Waals surface area contributed by atoms with Crippen LogP contribution >= 0.6 is 0 Å². The van der Waals surface area contributed by atoms with Crippen molar-refractivity contribution in [3.63, 3.8) is 0 Å². The second-order valence-corrected chi connectivity index (χ2v) is 6.83. The normalized spacial score (nSPS) is 12.2. The summed E-state index contributed by atoms with van der Waals surface area (Å²) in [5.41, 5.74) is 4.72. The summed E-state index contributed by atoms with van der Waals surface area (Å²) >= 11 is 0. The zero-order chi connectivity index (χ0) is 20.4. The van der Waals surface area contributed by atoms with E-state index in [1.807, 2.05) is 36.4 Å². The van der Waals surface area contributed by atoms with Crippen molar-refractivity contribution in [1.29, 1.82) is 0 Å². The van der Waals surface area contributed by atoms with Gasteiger partial charge >= 0.3 is 12.1 Å². The van der Waals surface area contributed by atoms with Gasteiger partial charge in [0.15, 0.2) is 0 Å². The third kappa shape index (κ3) is 3.82. The molecule has 1 aliphatic carbocycles. The van der Waals surface area contributed by atoms with Crippen LogP contribution in [0.4, 0.5) is 14.9 Å². The number of amides is 1. The highest BCUT2D eigenvalue weighted by Crippen LogP contribution is 2.44.